The minimum Gasteiger partial charge on any atom is -0.377 e. The molecule has 0 aliphatic rings. The van der Waals surface area contributed by atoms with Crippen molar-refractivity contribution < 1.29 is 4.79 Å². The topological polar surface area (TPSA) is 56.1 Å². The lowest BCUT2D eigenvalue weighted by atomic mass is 9.83. The van der Waals surface area contributed by atoms with Gasteiger partial charge in [-0.2, -0.15) is 5.26 Å². The molecule has 0 aliphatic heterocycles. The highest BCUT2D eigenvalue weighted by atomic mass is 16.2. The maximum atomic E-state index is 12.3. The Balaban J connectivity index is 3.03. The first kappa shape index (κ1) is 16.0. The van der Waals surface area contributed by atoms with Crippen molar-refractivity contribution in [1.82, 2.24) is 0 Å². The third-order valence-electron chi connectivity index (χ3n) is 3.80. The Hall–Kier alpha value is -2.02. The van der Waals surface area contributed by atoms with Crippen molar-refractivity contribution in [3.63, 3.8) is 0 Å². The Kier molecular flexibility index (Phi) is 5.15. The number of nitrogens with zero attached hydrogens (tertiary/aromatic N) is 2. The van der Waals surface area contributed by atoms with Gasteiger partial charge in [0.15, 0.2) is 0 Å². The molecule has 1 N–H and O–H groups in total. The molecular weight excluding hydrogens is 250 g/mol. The average Bonchev–Trinajstić information content (AvgIpc) is 2.43. The first-order valence-corrected chi connectivity index (χ1v) is 6.91. The second-order valence-corrected chi connectivity index (χ2v) is 5.25. The highest BCUT2D eigenvalue weighted by Crippen LogP contribution is 2.29. The van der Waals surface area contributed by atoms with Gasteiger partial charge >= 0.3 is 0 Å². The van der Waals surface area contributed by atoms with E-state index >= 15 is 0 Å². The lowest BCUT2D eigenvalue weighted by molar-refractivity contribution is -0.123. The number of carbonyl (C=O) groups is 1. The zero-order chi connectivity index (χ0) is 15.3. The standard InChI is InChI=1S/C16H23N3O/c1-6-16(7-2,11-17)15(20)18-13-9-8-12(3)14(10-13)19(4)5/h8-10H,6-7H2,1-5H3,(H,18,20). The normalized spacial score (nSPS) is 10.8. The molecule has 4 heteroatoms. The van der Waals surface area contributed by atoms with E-state index in [0.717, 1.165) is 16.9 Å². The number of amides is 1. The fraction of sp³-hybridized carbons (Fsp3) is 0.500. The lowest BCUT2D eigenvalue weighted by Crippen LogP contribution is -2.34. The molecule has 0 saturated carbocycles. The van der Waals surface area contributed by atoms with Crippen LogP contribution in [0.3, 0.4) is 0 Å². The SMILES string of the molecule is CCC(C#N)(CC)C(=O)Nc1ccc(C)c(N(C)C)c1. The van der Waals surface area contributed by atoms with E-state index in [2.05, 4.69) is 11.4 Å². The molecule has 0 bridgehead atoms. The number of carbonyl (C=O) groups excluding carboxylic acids is 1. The Morgan fingerprint density at radius 1 is 1.35 bits per heavy atom. The quantitative estimate of drug-likeness (QED) is 0.895. The summed E-state index contributed by atoms with van der Waals surface area (Å²) >= 11 is 0. The van der Waals surface area contributed by atoms with Crippen LogP contribution in [-0.2, 0) is 4.79 Å². The Morgan fingerprint density at radius 2 is 1.95 bits per heavy atom. The Labute approximate surface area is 121 Å². The van der Waals surface area contributed by atoms with Gasteiger partial charge in [0.2, 0.25) is 5.91 Å². The summed E-state index contributed by atoms with van der Waals surface area (Å²) < 4.78 is 0. The van der Waals surface area contributed by atoms with E-state index in [1.54, 1.807) is 0 Å². The smallest absolute Gasteiger partial charge is 0.244 e. The number of hydrogen-bond acceptors (Lipinski definition) is 3. The highest BCUT2D eigenvalue weighted by molar-refractivity contribution is 5.97. The van der Waals surface area contributed by atoms with Gasteiger partial charge in [-0.1, -0.05) is 19.9 Å². The molecule has 108 valence electrons. The van der Waals surface area contributed by atoms with Crippen LogP contribution in [0.15, 0.2) is 18.2 Å². The number of aryl methyl sites for hydroxylation is 1. The van der Waals surface area contributed by atoms with Crippen LogP contribution < -0.4 is 10.2 Å². The molecule has 0 aliphatic carbocycles. The molecule has 1 rings (SSSR count). The van der Waals surface area contributed by atoms with Gasteiger partial charge in [-0.05, 0) is 37.5 Å². The van der Waals surface area contributed by atoms with Crippen LogP contribution in [-0.4, -0.2) is 20.0 Å². The van der Waals surface area contributed by atoms with Gasteiger partial charge < -0.3 is 10.2 Å². The second-order valence-electron chi connectivity index (χ2n) is 5.25. The van der Waals surface area contributed by atoms with E-state index in [9.17, 15) is 10.1 Å². The molecule has 1 aromatic carbocycles. The zero-order valence-corrected chi connectivity index (χ0v) is 12.9. The molecule has 0 atom stereocenters. The molecule has 20 heavy (non-hydrogen) atoms. The molecule has 0 unspecified atom stereocenters. The minimum absolute atomic E-state index is 0.224. The van der Waals surface area contributed by atoms with E-state index in [1.165, 1.54) is 0 Å². The first-order valence-electron chi connectivity index (χ1n) is 6.91. The van der Waals surface area contributed by atoms with Crippen LogP contribution >= 0.6 is 0 Å². The minimum atomic E-state index is -0.941. The molecule has 4 nitrogen and oxygen atoms in total. The van der Waals surface area contributed by atoms with Gasteiger partial charge in [-0.25, -0.2) is 0 Å². The zero-order valence-electron chi connectivity index (χ0n) is 12.9. The monoisotopic (exact) mass is 273 g/mol. The van der Waals surface area contributed by atoms with Gasteiger partial charge in [0.05, 0.1) is 6.07 Å². The molecule has 0 aromatic heterocycles. The summed E-state index contributed by atoms with van der Waals surface area (Å²) in [6.45, 7) is 5.76. The van der Waals surface area contributed by atoms with E-state index < -0.39 is 5.41 Å². The Morgan fingerprint density at radius 3 is 2.40 bits per heavy atom. The molecule has 0 fully saturated rings. The molecule has 0 radical (unpaired) electrons. The summed E-state index contributed by atoms with van der Waals surface area (Å²) in [6, 6.07) is 7.93. The number of rotatable bonds is 5. The lowest BCUT2D eigenvalue weighted by Gasteiger charge is -2.23. The van der Waals surface area contributed by atoms with Crippen molar-refractivity contribution in [2.45, 2.75) is 33.6 Å². The summed E-state index contributed by atoms with van der Waals surface area (Å²) in [4.78, 5) is 14.3. The van der Waals surface area contributed by atoms with Gasteiger partial charge in [-0.3, -0.25) is 4.79 Å². The number of anilines is 2. The van der Waals surface area contributed by atoms with Crippen LogP contribution in [0.4, 0.5) is 11.4 Å². The van der Waals surface area contributed by atoms with Gasteiger partial charge in [-0.15, -0.1) is 0 Å². The Bertz CT molecular complexity index is 525. The molecular formula is C16H23N3O. The summed E-state index contributed by atoms with van der Waals surface area (Å²) in [5.74, 6) is -0.224. The van der Waals surface area contributed by atoms with E-state index in [1.807, 2.05) is 58.0 Å². The maximum absolute atomic E-state index is 12.3. The third-order valence-corrected chi connectivity index (χ3v) is 3.80. The number of nitrogens with one attached hydrogen (secondary N) is 1. The van der Waals surface area contributed by atoms with Gasteiger partial charge in [0, 0.05) is 25.5 Å². The molecule has 0 saturated heterocycles. The van der Waals surface area contributed by atoms with Crippen LogP contribution in [0.25, 0.3) is 0 Å². The number of benzene rings is 1. The number of hydrogen-bond donors (Lipinski definition) is 1. The second kappa shape index (κ2) is 6.42. The predicted molar refractivity (Wildman–Crippen MR) is 82.8 cm³/mol. The fourth-order valence-electron chi connectivity index (χ4n) is 2.20. The molecule has 0 heterocycles. The highest BCUT2D eigenvalue weighted by Gasteiger charge is 2.35. The van der Waals surface area contributed by atoms with Crippen LogP contribution in [0.1, 0.15) is 32.3 Å². The van der Waals surface area contributed by atoms with Gasteiger partial charge in [0.25, 0.3) is 0 Å². The average molecular weight is 273 g/mol. The predicted octanol–water partition coefficient (Wildman–Crippen LogP) is 3.33. The molecule has 0 spiro atoms. The first-order chi connectivity index (χ1) is 9.40. The van der Waals surface area contributed by atoms with Crippen molar-refractivity contribution in [3.8, 4) is 6.07 Å². The molecule has 1 aromatic rings. The van der Waals surface area contributed by atoms with Crippen molar-refractivity contribution in [3.05, 3.63) is 23.8 Å². The number of nitriles is 1. The van der Waals surface area contributed by atoms with Gasteiger partial charge in [0.1, 0.15) is 5.41 Å². The summed E-state index contributed by atoms with van der Waals surface area (Å²) in [5, 5.41) is 12.2. The summed E-state index contributed by atoms with van der Waals surface area (Å²) in [6.07, 6.45) is 1.02. The van der Waals surface area contributed by atoms with Crippen molar-refractivity contribution >= 4 is 17.3 Å². The van der Waals surface area contributed by atoms with Crippen LogP contribution in [0.5, 0.6) is 0 Å². The van der Waals surface area contributed by atoms with Crippen LogP contribution in [0, 0.1) is 23.7 Å². The third kappa shape index (κ3) is 3.11. The van der Waals surface area contributed by atoms with Crippen molar-refractivity contribution in [2.24, 2.45) is 5.41 Å². The van der Waals surface area contributed by atoms with E-state index in [0.29, 0.717) is 12.8 Å². The largest absolute Gasteiger partial charge is 0.377 e. The van der Waals surface area contributed by atoms with E-state index in [4.69, 9.17) is 0 Å². The molecule has 1 amide bonds. The van der Waals surface area contributed by atoms with Crippen LogP contribution in [0.2, 0.25) is 0 Å². The summed E-state index contributed by atoms with van der Waals surface area (Å²) in [7, 11) is 3.93. The maximum Gasteiger partial charge on any atom is 0.244 e. The summed E-state index contributed by atoms with van der Waals surface area (Å²) in [5.41, 5.74) is 1.98. The van der Waals surface area contributed by atoms with Crippen molar-refractivity contribution in [2.75, 3.05) is 24.3 Å². The fourth-order valence-corrected chi connectivity index (χ4v) is 2.20. The van der Waals surface area contributed by atoms with E-state index in [-0.39, 0.29) is 5.91 Å². The van der Waals surface area contributed by atoms with Crippen molar-refractivity contribution in [1.29, 1.82) is 5.26 Å².